The second-order valence-corrected chi connectivity index (χ2v) is 9.04. The molecule has 0 aliphatic carbocycles. The molecule has 0 radical (unpaired) electrons. The Morgan fingerprint density at radius 2 is 1.88 bits per heavy atom. The average molecular weight is 366 g/mol. The van der Waals surface area contributed by atoms with Gasteiger partial charge in [0.15, 0.2) is 5.82 Å². The molecule has 0 saturated heterocycles. The van der Waals surface area contributed by atoms with E-state index in [4.69, 9.17) is 0 Å². The van der Waals surface area contributed by atoms with Crippen LogP contribution in [-0.4, -0.2) is 19.9 Å². The number of aromatic nitrogens is 3. The largest absolute Gasteiger partial charge is 0.338 e. The van der Waals surface area contributed by atoms with E-state index >= 15 is 0 Å². The number of nitrogens with zero attached hydrogens (tertiary/aromatic N) is 2. The van der Waals surface area contributed by atoms with Gasteiger partial charge in [-0.3, -0.25) is 10.1 Å². The minimum Gasteiger partial charge on any atom is -0.338 e. The first-order chi connectivity index (χ1) is 12.4. The number of H-pyrrole nitrogens is 1. The van der Waals surface area contributed by atoms with Gasteiger partial charge in [0.1, 0.15) is 5.82 Å². The molecule has 2 aromatic heterocycles. The molecule has 0 unspecified atom stereocenters. The smallest absolute Gasteiger partial charge is 0.160 e. The lowest BCUT2D eigenvalue weighted by molar-refractivity contribution is 0.630. The number of thioether (sulfide) groups is 1. The fraction of sp³-hybridized carbons (Fsp3) is 0.200. The SMILES string of the molecule is CC(C)(C)Sc1ccc2nccc(Nc3n[nH]c4ccc(F)cc34)c2c1. The summed E-state index contributed by atoms with van der Waals surface area (Å²) < 4.78 is 13.7. The number of pyridine rings is 1. The van der Waals surface area contributed by atoms with Gasteiger partial charge in [0.05, 0.1) is 16.7 Å². The second-order valence-electron chi connectivity index (χ2n) is 7.14. The van der Waals surface area contributed by atoms with Crippen LogP contribution >= 0.6 is 11.8 Å². The van der Waals surface area contributed by atoms with Crippen molar-refractivity contribution in [2.75, 3.05) is 5.32 Å². The van der Waals surface area contributed by atoms with Gasteiger partial charge >= 0.3 is 0 Å². The number of hydrogen-bond acceptors (Lipinski definition) is 4. The van der Waals surface area contributed by atoms with Crippen molar-refractivity contribution in [1.82, 2.24) is 15.2 Å². The zero-order valence-corrected chi connectivity index (χ0v) is 15.6. The van der Waals surface area contributed by atoms with Gasteiger partial charge in [0, 0.05) is 26.6 Å². The summed E-state index contributed by atoms with van der Waals surface area (Å²) in [7, 11) is 0. The predicted molar refractivity (Wildman–Crippen MR) is 107 cm³/mol. The molecular weight excluding hydrogens is 347 g/mol. The van der Waals surface area contributed by atoms with Gasteiger partial charge in [-0.2, -0.15) is 5.10 Å². The molecular formula is C20H19FN4S. The van der Waals surface area contributed by atoms with Crippen molar-refractivity contribution in [2.45, 2.75) is 30.4 Å². The van der Waals surface area contributed by atoms with Crippen molar-refractivity contribution in [3.8, 4) is 0 Å². The van der Waals surface area contributed by atoms with Crippen LogP contribution in [-0.2, 0) is 0 Å². The first-order valence-corrected chi connectivity index (χ1v) is 9.19. The molecule has 0 spiro atoms. The number of hydrogen-bond donors (Lipinski definition) is 2. The normalized spacial score (nSPS) is 12.0. The molecule has 0 aliphatic rings. The quantitative estimate of drug-likeness (QED) is 0.444. The molecule has 4 rings (SSSR count). The molecule has 6 heteroatoms. The first-order valence-electron chi connectivity index (χ1n) is 8.37. The van der Waals surface area contributed by atoms with E-state index in [1.165, 1.54) is 17.0 Å². The molecule has 26 heavy (non-hydrogen) atoms. The van der Waals surface area contributed by atoms with Crippen molar-refractivity contribution in [3.05, 3.63) is 54.5 Å². The first kappa shape index (κ1) is 16.8. The third-order valence-corrected chi connectivity index (χ3v) is 5.02. The summed E-state index contributed by atoms with van der Waals surface area (Å²) in [5.41, 5.74) is 2.58. The number of nitrogens with one attached hydrogen (secondary N) is 2. The lowest BCUT2D eigenvalue weighted by atomic mass is 10.2. The third kappa shape index (κ3) is 3.37. The molecule has 4 nitrogen and oxygen atoms in total. The van der Waals surface area contributed by atoms with Crippen LogP contribution in [0.15, 0.2) is 53.6 Å². The summed E-state index contributed by atoms with van der Waals surface area (Å²) in [6.07, 6.45) is 1.76. The maximum Gasteiger partial charge on any atom is 0.160 e. The summed E-state index contributed by atoms with van der Waals surface area (Å²) >= 11 is 1.81. The van der Waals surface area contributed by atoms with Crippen molar-refractivity contribution in [2.24, 2.45) is 0 Å². The third-order valence-electron chi connectivity index (χ3n) is 3.92. The highest BCUT2D eigenvalue weighted by Gasteiger charge is 2.14. The molecule has 2 aromatic carbocycles. The molecule has 0 amide bonds. The van der Waals surface area contributed by atoms with E-state index in [0.29, 0.717) is 5.82 Å². The monoisotopic (exact) mass is 366 g/mol. The molecule has 0 atom stereocenters. The second kappa shape index (κ2) is 6.29. The van der Waals surface area contributed by atoms with Gasteiger partial charge in [-0.05, 0) is 42.5 Å². The van der Waals surface area contributed by atoms with Crippen LogP contribution in [0.1, 0.15) is 20.8 Å². The number of halogens is 1. The number of anilines is 2. The van der Waals surface area contributed by atoms with Gasteiger partial charge in [0.25, 0.3) is 0 Å². The summed E-state index contributed by atoms with van der Waals surface area (Å²) in [5.74, 6) is 0.311. The number of rotatable bonds is 3. The molecule has 0 aliphatic heterocycles. The van der Waals surface area contributed by atoms with Gasteiger partial charge < -0.3 is 5.32 Å². The molecule has 0 saturated carbocycles. The molecule has 2 heterocycles. The topological polar surface area (TPSA) is 53.6 Å². The van der Waals surface area contributed by atoms with Crippen LogP contribution < -0.4 is 5.32 Å². The lowest BCUT2D eigenvalue weighted by Gasteiger charge is -2.18. The van der Waals surface area contributed by atoms with Gasteiger partial charge in [-0.1, -0.05) is 20.8 Å². The van der Waals surface area contributed by atoms with E-state index in [9.17, 15) is 4.39 Å². The Hall–Kier alpha value is -2.60. The highest BCUT2D eigenvalue weighted by molar-refractivity contribution is 8.00. The fourth-order valence-corrected chi connectivity index (χ4v) is 3.88. The highest BCUT2D eigenvalue weighted by Crippen LogP contribution is 2.35. The molecule has 132 valence electrons. The van der Waals surface area contributed by atoms with E-state index in [-0.39, 0.29) is 10.6 Å². The summed E-state index contributed by atoms with van der Waals surface area (Å²) in [6.45, 7) is 6.57. The number of fused-ring (bicyclic) bond motifs is 2. The predicted octanol–water partition coefficient (Wildman–Crippen LogP) is 5.88. The lowest BCUT2D eigenvalue weighted by Crippen LogP contribution is -2.06. The highest BCUT2D eigenvalue weighted by atomic mass is 32.2. The minimum atomic E-state index is -0.287. The maximum atomic E-state index is 13.6. The molecule has 0 bridgehead atoms. The Bertz CT molecular complexity index is 1100. The fourth-order valence-electron chi connectivity index (χ4n) is 2.86. The minimum absolute atomic E-state index is 0.124. The Labute approximate surface area is 155 Å². The van der Waals surface area contributed by atoms with Crippen molar-refractivity contribution >= 4 is 45.1 Å². The molecule has 0 fully saturated rings. The Morgan fingerprint density at radius 1 is 1.04 bits per heavy atom. The summed E-state index contributed by atoms with van der Waals surface area (Å²) in [4.78, 5) is 5.63. The van der Waals surface area contributed by atoms with E-state index in [1.807, 2.05) is 23.9 Å². The van der Waals surface area contributed by atoms with E-state index < -0.39 is 0 Å². The summed E-state index contributed by atoms with van der Waals surface area (Å²) in [6, 6.07) is 12.7. The van der Waals surface area contributed by atoms with E-state index in [2.05, 4.69) is 53.4 Å². The van der Waals surface area contributed by atoms with Crippen molar-refractivity contribution < 1.29 is 4.39 Å². The van der Waals surface area contributed by atoms with Crippen LogP contribution in [0.25, 0.3) is 21.8 Å². The number of benzene rings is 2. The zero-order valence-electron chi connectivity index (χ0n) is 14.8. The van der Waals surface area contributed by atoms with Crippen molar-refractivity contribution in [1.29, 1.82) is 0 Å². The molecule has 2 N–H and O–H groups in total. The van der Waals surface area contributed by atoms with Crippen molar-refractivity contribution in [3.63, 3.8) is 0 Å². The van der Waals surface area contributed by atoms with Gasteiger partial charge in [0.2, 0.25) is 0 Å². The van der Waals surface area contributed by atoms with Crippen LogP contribution in [0.3, 0.4) is 0 Å². The Kier molecular flexibility index (Phi) is 4.07. The van der Waals surface area contributed by atoms with Gasteiger partial charge in [-0.25, -0.2) is 4.39 Å². The standard InChI is InChI=1S/C20H19FN4S/c1-20(2,3)26-13-5-7-16-14(11-13)17(8-9-22-16)23-19-15-10-12(21)4-6-18(15)24-25-19/h4-11H,1-3H3,(H2,22,23,24,25). The Morgan fingerprint density at radius 3 is 2.69 bits per heavy atom. The van der Waals surface area contributed by atoms with E-state index in [0.717, 1.165) is 27.5 Å². The van der Waals surface area contributed by atoms with Crippen LogP contribution in [0, 0.1) is 5.82 Å². The zero-order chi connectivity index (χ0) is 18.3. The summed E-state index contributed by atoms with van der Waals surface area (Å²) in [5, 5.41) is 12.3. The maximum absolute atomic E-state index is 13.6. The van der Waals surface area contributed by atoms with Crippen LogP contribution in [0.5, 0.6) is 0 Å². The number of aromatic amines is 1. The van der Waals surface area contributed by atoms with Crippen LogP contribution in [0.4, 0.5) is 15.9 Å². The average Bonchev–Trinajstić information content (AvgIpc) is 2.96. The van der Waals surface area contributed by atoms with Crippen LogP contribution in [0.2, 0.25) is 0 Å². The molecule has 4 aromatic rings. The Balaban J connectivity index is 1.77. The van der Waals surface area contributed by atoms with Gasteiger partial charge in [-0.15, -0.1) is 11.8 Å². The van der Waals surface area contributed by atoms with E-state index in [1.54, 1.807) is 12.3 Å².